The molecule has 0 saturated heterocycles. The van der Waals surface area contributed by atoms with Crippen LogP contribution in [-0.4, -0.2) is 36.8 Å². The summed E-state index contributed by atoms with van der Waals surface area (Å²) in [6, 6.07) is 3.89. The first kappa shape index (κ1) is 21.3. The lowest BCUT2D eigenvalue weighted by Gasteiger charge is -2.37. The van der Waals surface area contributed by atoms with Crippen molar-refractivity contribution >= 4 is 29.9 Å². The fourth-order valence-electron chi connectivity index (χ4n) is 3.00. The molecule has 24 heavy (non-hydrogen) atoms. The van der Waals surface area contributed by atoms with E-state index in [9.17, 15) is 5.11 Å². The number of hydrogen-bond acceptors (Lipinski definition) is 3. The molecule has 0 aromatic carbocycles. The minimum absolute atomic E-state index is 0. The highest BCUT2D eigenvalue weighted by molar-refractivity contribution is 14.0. The molecule has 0 spiro atoms. The van der Waals surface area contributed by atoms with Crippen molar-refractivity contribution in [2.24, 2.45) is 10.4 Å². The fourth-order valence-corrected chi connectivity index (χ4v) is 3.00. The number of halogens is 1. The first-order valence-corrected chi connectivity index (χ1v) is 8.86. The number of nitrogens with zero attached hydrogens (tertiary/aromatic N) is 1. The molecule has 2 atom stereocenters. The van der Waals surface area contributed by atoms with Gasteiger partial charge in [0.15, 0.2) is 5.96 Å². The number of aliphatic imine (C=N–C) groups is 1. The molecule has 3 N–H and O–H groups in total. The minimum Gasteiger partial charge on any atom is -0.469 e. The molecule has 2 unspecified atom stereocenters. The van der Waals surface area contributed by atoms with Crippen molar-refractivity contribution in [2.45, 2.75) is 58.5 Å². The van der Waals surface area contributed by atoms with Gasteiger partial charge in [-0.25, -0.2) is 0 Å². The molecular weight excluding hydrogens is 417 g/mol. The Labute approximate surface area is 162 Å². The lowest BCUT2D eigenvalue weighted by Crippen LogP contribution is -2.42. The molecule has 5 nitrogen and oxygen atoms in total. The summed E-state index contributed by atoms with van der Waals surface area (Å²) in [4.78, 5) is 4.73. The van der Waals surface area contributed by atoms with Crippen molar-refractivity contribution in [3.8, 4) is 0 Å². The van der Waals surface area contributed by atoms with Gasteiger partial charge in [0.25, 0.3) is 0 Å². The zero-order chi connectivity index (χ0) is 16.5. The van der Waals surface area contributed by atoms with Gasteiger partial charge < -0.3 is 20.2 Å². The summed E-state index contributed by atoms with van der Waals surface area (Å²) in [6.45, 7) is 6.63. The zero-order valence-corrected chi connectivity index (χ0v) is 17.2. The average Bonchev–Trinajstić information content (AvgIpc) is 3.06. The number of guanidine groups is 1. The predicted octanol–water partition coefficient (Wildman–Crippen LogP) is 3.33. The number of aliphatic hydroxyl groups is 1. The van der Waals surface area contributed by atoms with E-state index in [1.807, 2.05) is 12.1 Å². The maximum absolute atomic E-state index is 10.3. The van der Waals surface area contributed by atoms with Crippen molar-refractivity contribution < 1.29 is 9.52 Å². The molecule has 1 aromatic rings. The molecule has 0 radical (unpaired) electrons. The third kappa shape index (κ3) is 6.63. The lowest BCUT2D eigenvalue weighted by atomic mass is 9.73. The summed E-state index contributed by atoms with van der Waals surface area (Å²) < 4.78 is 5.35. The Kier molecular flexibility index (Phi) is 9.73. The molecule has 0 aliphatic heterocycles. The third-order valence-electron chi connectivity index (χ3n) is 4.66. The van der Waals surface area contributed by atoms with Gasteiger partial charge in [-0.15, -0.1) is 24.0 Å². The van der Waals surface area contributed by atoms with Crippen molar-refractivity contribution in [3.05, 3.63) is 24.2 Å². The Morgan fingerprint density at radius 3 is 2.83 bits per heavy atom. The Morgan fingerprint density at radius 2 is 2.17 bits per heavy atom. The van der Waals surface area contributed by atoms with E-state index in [0.717, 1.165) is 56.9 Å². The minimum atomic E-state index is -0.240. The Hall–Kier alpha value is -0.760. The second-order valence-electron chi connectivity index (χ2n) is 6.76. The van der Waals surface area contributed by atoms with E-state index in [-0.39, 0.29) is 35.5 Å². The van der Waals surface area contributed by atoms with Crippen LogP contribution < -0.4 is 10.6 Å². The average molecular weight is 449 g/mol. The van der Waals surface area contributed by atoms with Gasteiger partial charge in [0.1, 0.15) is 5.76 Å². The first-order chi connectivity index (χ1) is 11.1. The molecule has 1 aromatic heterocycles. The highest BCUT2D eigenvalue weighted by Crippen LogP contribution is 2.36. The maximum Gasteiger partial charge on any atom is 0.191 e. The van der Waals surface area contributed by atoms with Gasteiger partial charge in [0.05, 0.1) is 18.9 Å². The van der Waals surface area contributed by atoms with Gasteiger partial charge in [-0.1, -0.05) is 26.7 Å². The molecule has 1 aliphatic rings. The van der Waals surface area contributed by atoms with E-state index >= 15 is 0 Å². The van der Waals surface area contributed by atoms with Crippen molar-refractivity contribution in [3.63, 3.8) is 0 Å². The van der Waals surface area contributed by atoms with E-state index < -0.39 is 0 Å². The second-order valence-corrected chi connectivity index (χ2v) is 6.76. The summed E-state index contributed by atoms with van der Waals surface area (Å²) in [5.74, 6) is 1.81. The number of rotatable bonds is 7. The van der Waals surface area contributed by atoms with Crippen LogP contribution in [0.1, 0.15) is 51.7 Å². The molecule has 1 saturated carbocycles. The van der Waals surface area contributed by atoms with Crippen LogP contribution in [0.4, 0.5) is 0 Å². The molecule has 0 amide bonds. The quantitative estimate of drug-likeness (QED) is 0.340. The van der Waals surface area contributed by atoms with Crippen molar-refractivity contribution in [1.82, 2.24) is 10.6 Å². The van der Waals surface area contributed by atoms with Gasteiger partial charge in [-0.3, -0.25) is 4.99 Å². The van der Waals surface area contributed by atoms with Crippen LogP contribution in [0.15, 0.2) is 27.8 Å². The molecule has 138 valence electrons. The van der Waals surface area contributed by atoms with E-state index in [1.165, 1.54) is 6.42 Å². The topological polar surface area (TPSA) is 69.8 Å². The monoisotopic (exact) mass is 449 g/mol. The van der Waals surface area contributed by atoms with Crippen molar-refractivity contribution in [1.29, 1.82) is 0 Å². The van der Waals surface area contributed by atoms with Crippen LogP contribution >= 0.6 is 24.0 Å². The summed E-state index contributed by atoms with van der Waals surface area (Å²) in [7, 11) is 0. The molecular formula is C18H32IN3O2. The van der Waals surface area contributed by atoms with Crippen LogP contribution in [0.3, 0.4) is 0 Å². The third-order valence-corrected chi connectivity index (χ3v) is 4.66. The lowest BCUT2D eigenvalue weighted by molar-refractivity contribution is 0.00716. The van der Waals surface area contributed by atoms with E-state index in [1.54, 1.807) is 6.26 Å². The van der Waals surface area contributed by atoms with Crippen LogP contribution in [0.25, 0.3) is 0 Å². The standard InChI is InChI=1S/C18H31N3O2.HI/c1-3-11-19-17(20-12-9-15-7-6-13-23-15)21-14-18(2)10-5-4-8-16(18)22;/h6-7,13,16,22H,3-5,8-12,14H2,1-2H3,(H2,19,20,21);1H. The summed E-state index contributed by atoms with van der Waals surface area (Å²) >= 11 is 0. The molecule has 0 bridgehead atoms. The van der Waals surface area contributed by atoms with Crippen LogP contribution in [0.5, 0.6) is 0 Å². The molecule has 1 aliphatic carbocycles. The number of hydrogen-bond donors (Lipinski definition) is 3. The maximum atomic E-state index is 10.3. The Balaban J connectivity index is 0.00000288. The SMILES string of the molecule is CCCNC(=NCC1(C)CCCCC1O)NCCc1ccco1.I. The van der Waals surface area contributed by atoms with Gasteiger partial charge in [-0.05, 0) is 31.4 Å². The highest BCUT2D eigenvalue weighted by Gasteiger charge is 2.35. The Bertz CT molecular complexity index is 479. The second kappa shape index (κ2) is 11.0. The van der Waals surface area contributed by atoms with Crippen LogP contribution in [0.2, 0.25) is 0 Å². The molecule has 6 heteroatoms. The van der Waals surface area contributed by atoms with Gasteiger partial charge >= 0.3 is 0 Å². The molecule has 2 rings (SSSR count). The summed E-state index contributed by atoms with van der Waals surface area (Å²) in [6.07, 6.45) is 7.61. The van der Waals surface area contributed by atoms with E-state index in [2.05, 4.69) is 24.5 Å². The van der Waals surface area contributed by atoms with Gasteiger partial charge in [0.2, 0.25) is 0 Å². The van der Waals surface area contributed by atoms with Gasteiger partial charge in [0, 0.05) is 24.9 Å². The fraction of sp³-hybridized carbons (Fsp3) is 0.722. The van der Waals surface area contributed by atoms with Crippen LogP contribution in [0, 0.1) is 5.41 Å². The smallest absolute Gasteiger partial charge is 0.191 e. The first-order valence-electron chi connectivity index (χ1n) is 8.86. The Morgan fingerprint density at radius 1 is 1.38 bits per heavy atom. The van der Waals surface area contributed by atoms with E-state index in [0.29, 0.717) is 6.54 Å². The summed E-state index contributed by atoms with van der Waals surface area (Å²) in [5.41, 5.74) is -0.0971. The van der Waals surface area contributed by atoms with Crippen LogP contribution in [-0.2, 0) is 6.42 Å². The predicted molar refractivity (Wildman–Crippen MR) is 109 cm³/mol. The molecule has 1 fully saturated rings. The zero-order valence-electron chi connectivity index (χ0n) is 14.9. The van der Waals surface area contributed by atoms with Gasteiger partial charge in [-0.2, -0.15) is 0 Å². The highest BCUT2D eigenvalue weighted by atomic mass is 127. The number of nitrogens with one attached hydrogen (secondary N) is 2. The largest absolute Gasteiger partial charge is 0.469 e. The van der Waals surface area contributed by atoms with E-state index in [4.69, 9.17) is 9.41 Å². The normalized spacial score (nSPS) is 24.3. The molecule has 1 heterocycles. The summed E-state index contributed by atoms with van der Waals surface area (Å²) in [5, 5.41) is 17.0. The number of furan rings is 1. The van der Waals surface area contributed by atoms with Crippen molar-refractivity contribution in [2.75, 3.05) is 19.6 Å². The number of aliphatic hydroxyl groups excluding tert-OH is 1.